The largest absolute Gasteiger partial charge is 0.508 e. The maximum atomic E-state index is 9.30. The summed E-state index contributed by atoms with van der Waals surface area (Å²) in [5.74, 6) is 0.241. The molecule has 3 heteroatoms. The molecule has 2 N–H and O–H groups in total. The first-order valence-corrected chi connectivity index (χ1v) is 5.07. The van der Waals surface area contributed by atoms with Crippen molar-refractivity contribution in [2.75, 3.05) is 7.05 Å². The molecule has 1 unspecified atom stereocenters. The molecule has 1 aromatic carbocycles. The Morgan fingerprint density at radius 2 is 2.27 bits per heavy atom. The van der Waals surface area contributed by atoms with E-state index in [1.165, 1.54) is 5.56 Å². The second-order valence-corrected chi connectivity index (χ2v) is 3.84. The number of likely N-dealkylation sites (N-methyl/N-ethyl adjacent to an activating group) is 1. The Balaban J connectivity index is 2.36. The molecule has 0 aliphatic heterocycles. The summed E-state index contributed by atoms with van der Waals surface area (Å²) in [6.45, 7) is 2.12. The zero-order valence-electron chi connectivity index (χ0n) is 8.95. The minimum Gasteiger partial charge on any atom is -0.508 e. The van der Waals surface area contributed by atoms with Gasteiger partial charge in [-0.05, 0) is 38.1 Å². The van der Waals surface area contributed by atoms with Crippen LogP contribution < -0.4 is 5.32 Å². The molecule has 0 saturated heterocycles. The van der Waals surface area contributed by atoms with Crippen molar-refractivity contribution in [2.24, 2.45) is 0 Å². The smallest absolute Gasteiger partial charge is 0.137 e. The molecule has 3 nitrogen and oxygen atoms in total. The predicted molar refractivity (Wildman–Crippen MR) is 60.1 cm³/mol. The topological polar surface area (TPSA) is 45.4 Å². The highest BCUT2D eigenvalue weighted by molar-refractivity contribution is 5.82. The molecule has 0 spiro atoms. The normalized spacial score (nSPS) is 13.2. The van der Waals surface area contributed by atoms with Crippen LogP contribution in [0.3, 0.4) is 0 Å². The first kappa shape index (κ1) is 10.1. The fraction of sp³-hybridized carbons (Fsp3) is 0.333. The average Bonchev–Trinajstić information content (AvgIpc) is 2.60. The van der Waals surface area contributed by atoms with Crippen molar-refractivity contribution in [1.29, 1.82) is 0 Å². The maximum absolute atomic E-state index is 9.30. The van der Waals surface area contributed by atoms with Gasteiger partial charge in [-0.15, -0.1) is 0 Å². The first-order chi connectivity index (χ1) is 7.20. The SMILES string of the molecule is CNC(C)Cc1coc2cc(O)ccc12. The van der Waals surface area contributed by atoms with Gasteiger partial charge in [0, 0.05) is 17.5 Å². The fourth-order valence-corrected chi connectivity index (χ4v) is 1.66. The van der Waals surface area contributed by atoms with E-state index in [1.54, 1.807) is 18.4 Å². The number of furan rings is 1. The quantitative estimate of drug-likeness (QED) is 0.808. The van der Waals surface area contributed by atoms with Gasteiger partial charge in [0.05, 0.1) is 6.26 Å². The Kier molecular flexibility index (Phi) is 2.64. The molecule has 1 aromatic heterocycles. The summed E-state index contributed by atoms with van der Waals surface area (Å²) in [6, 6.07) is 5.64. The minimum absolute atomic E-state index is 0.241. The van der Waals surface area contributed by atoms with Crippen LogP contribution in [0.2, 0.25) is 0 Å². The Morgan fingerprint density at radius 1 is 1.47 bits per heavy atom. The first-order valence-electron chi connectivity index (χ1n) is 5.07. The van der Waals surface area contributed by atoms with E-state index < -0.39 is 0 Å². The fourth-order valence-electron chi connectivity index (χ4n) is 1.66. The number of hydrogen-bond acceptors (Lipinski definition) is 3. The van der Waals surface area contributed by atoms with Crippen molar-refractivity contribution in [3.63, 3.8) is 0 Å². The lowest BCUT2D eigenvalue weighted by Crippen LogP contribution is -2.23. The number of benzene rings is 1. The van der Waals surface area contributed by atoms with Crippen molar-refractivity contribution < 1.29 is 9.52 Å². The summed E-state index contributed by atoms with van der Waals surface area (Å²) < 4.78 is 5.39. The minimum atomic E-state index is 0.241. The van der Waals surface area contributed by atoms with Crippen molar-refractivity contribution in [1.82, 2.24) is 5.32 Å². The van der Waals surface area contributed by atoms with E-state index in [1.807, 2.05) is 13.1 Å². The highest BCUT2D eigenvalue weighted by Gasteiger charge is 2.08. The zero-order chi connectivity index (χ0) is 10.8. The number of phenols is 1. The lowest BCUT2D eigenvalue weighted by Gasteiger charge is -2.07. The van der Waals surface area contributed by atoms with Crippen LogP contribution in [-0.4, -0.2) is 18.2 Å². The van der Waals surface area contributed by atoms with E-state index >= 15 is 0 Å². The van der Waals surface area contributed by atoms with Gasteiger partial charge in [-0.25, -0.2) is 0 Å². The lowest BCUT2D eigenvalue weighted by molar-refractivity contribution is 0.474. The van der Waals surface area contributed by atoms with Gasteiger partial charge >= 0.3 is 0 Å². The molecule has 0 radical (unpaired) electrons. The molecule has 1 heterocycles. The van der Waals surface area contributed by atoms with Crippen LogP contribution in [0.15, 0.2) is 28.9 Å². The molecular formula is C12H15NO2. The van der Waals surface area contributed by atoms with Crippen LogP contribution in [0.4, 0.5) is 0 Å². The van der Waals surface area contributed by atoms with Gasteiger partial charge in [0.2, 0.25) is 0 Å². The highest BCUT2D eigenvalue weighted by Crippen LogP contribution is 2.25. The van der Waals surface area contributed by atoms with Crippen molar-refractivity contribution >= 4 is 11.0 Å². The van der Waals surface area contributed by atoms with Gasteiger partial charge in [0.15, 0.2) is 0 Å². The maximum Gasteiger partial charge on any atom is 0.137 e. The standard InChI is InChI=1S/C12H15NO2/c1-8(13-2)5-9-7-15-12-6-10(14)3-4-11(9)12/h3-4,6-8,13-14H,5H2,1-2H3. The molecular weight excluding hydrogens is 190 g/mol. The number of nitrogens with one attached hydrogen (secondary N) is 1. The molecule has 15 heavy (non-hydrogen) atoms. The molecule has 0 saturated carbocycles. The van der Waals surface area contributed by atoms with Gasteiger partial charge in [-0.3, -0.25) is 0 Å². The zero-order valence-corrected chi connectivity index (χ0v) is 8.95. The third-order valence-corrected chi connectivity index (χ3v) is 2.66. The van der Waals surface area contributed by atoms with E-state index in [0.29, 0.717) is 6.04 Å². The number of hydrogen-bond donors (Lipinski definition) is 2. The van der Waals surface area contributed by atoms with Gasteiger partial charge in [-0.1, -0.05) is 0 Å². The van der Waals surface area contributed by atoms with Gasteiger partial charge in [0.1, 0.15) is 11.3 Å². The van der Waals surface area contributed by atoms with Crippen LogP contribution in [0.5, 0.6) is 5.75 Å². The Hall–Kier alpha value is -1.48. The summed E-state index contributed by atoms with van der Waals surface area (Å²) in [5.41, 5.74) is 1.92. The summed E-state index contributed by atoms with van der Waals surface area (Å²) in [7, 11) is 1.94. The molecule has 2 rings (SSSR count). The third kappa shape index (κ3) is 1.97. The van der Waals surface area contributed by atoms with E-state index in [9.17, 15) is 5.11 Å². The van der Waals surface area contributed by atoms with Crippen molar-refractivity contribution in [2.45, 2.75) is 19.4 Å². The van der Waals surface area contributed by atoms with E-state index in [0.717, 1.165) is 17.4 Å². The summed E-state index contributed by atoms with van der Waals surface area (Å²) in [6.07, 6.45) is 2.69. The van der Waals surface area contributed by atoms with Crippen LogP contribution in [0.25, 0.3) is 11.0 Å². The molecule has 2 aromatic rings. The Bertz CT molecular complexity index is 462. The van der Waals surface area contributed by atoms with Crippen LogP contribution in [0.1, 0.15) is 12.5 Å². The monoisotopic (exact) mass is 205 g/mol. The van der Waals surface area contributed by atoms with Crippen molar-refractivity contribution in [3.8, 4) is 5.75 Å². The molecule has 0 fully saturated rings. The second-order valence-electron chi connectivity index (χ2n) is 3.84. The van der Waals surface area contributed by atoms with Crippen LogP contribution in [0, 0.1) is 0 Å². The number of rotatable bonds is 3. The summed E-state index contributed by atoms with van der Waals surface area (Å²) >= 11 is 0. The van der Waals surface area contributed by atoms with Crippen molar-refractivity contribution in [3.05, 3.63) is 30.0 Å². The van der Waals surface area contributed by atoms with Gasteiger partial charge in [-0.2, -0.15) is 0 Å². The molecule has 0 aliphatic rings. The van der Waals surface area contributed by atoms with E-state index in [4.69, 9.17) is 4.42 Å². The molecule has 1 atom stereocenters. The third-order valence-electron chi connectivity index (χ3n) is 2.66. The molecule has 0 amide bonds. The Labute approximate surface area is 88.7 Å². The summed E-state index contributed by atoms with van der Waals surface area (Å²) in [4.78, 5) is 0. The summed E-state index contributed by atoms with van der Waals surface area (Å²) in [5, 5.41) is 13.6. The molecule has 0 bridgehead atoms. The number of aromatic hydroxyl groups is 1. The van der Waals surface area contributed by atoms with Gasteiger partial charge < -0.3 is 14.8 Å². The molecule has 0 aliphatic carbocycles. The Morgan fingerprint density at radius 3 is 3.00 bits per heavy atom. The number of phenolic OH excluding ortho intramolecular Hbond substituents is 1. The second kappa shape index (κ2) is 3.95. The van der Waals surface area contributed by atoms with E-state index in [-0.39, 0.29) is 5.75 Å². The molecule has 80 valence electrons. The predicted octanol–water partition coefficient (Wildman–Crippen LogP) is 2.29. The highest BCUT2D eigenvalue weighted by atomic mass is 16.3. The average molecular weight is 205 g/mol. The van der Waals surface area contributed by atoms with Crippen LogP contribution >= 0.6 is 0 Å². The van der Waals surface area contributed by atoms with Crippen LogP contribution in [-0.2, 0) is 6.42 Å². The number of fused-ring (bicyclic) bond motifs is 1. The van der Waals surface area contributed by atoms with E-state index in [2.05, 4.69) is 12.2 Å². The van der Waals surface area contributed by atoms with Gasteiger partial charge in [0.25, 0.3) is 0 Å². The lowest BCUT2D eigenvalue weighted by atomic mass is 10.1.